The minimum absolute atomic E-state index is 0.120. The fourth-order valence-corrected chi connectivity index (χ4v) is 1.27. The third kappa shape index (κ3) is 3.66. The molecule has 0 saturated heterocycles. The molecule has 0 saturated carbocycles. The standard InChI is InChI=1S/C9H9Cl2N3S/c1-5(13-14-9(12)15)6-2-3-7(10)8(11)4-6/h2-4H,1H3,(H3,12,14,15)/b13-5-. The highest BCUT2D eigenvalue weighted by Crippen LogP contribution is 2.22. The average Bonchev–Trinajstić information content (AvgIpc) is 2.18. The molecule has 0 aliphatic heterocycles. The van der Waals surface area contributed by atoms with Gasteiger partial charge in [-0.05, 0) is 36.8 Å². The van der Waals surface area contributed by atoms with Crippen LogP contribution in [0.1, 0.15) is 12.5 Å². The van der Waals surface area contributed by atoms with Gasteiger partial charge in [0, 0.05) is 0 Å². The normalized spacial score (nSPS) is 11.3. The fourth-order valence-electron chi connectivity index (χ4n) is 0.925. The Kier molecular flexibility index (Phi) is 4.32. The molecule has 0 bridgehead atoms. The summed E-state index contributed by atoms with van der Waals surface area (Å²) < 4.78 is 0. The molecule has 0 spiro atoms. The maximum absolute atomic E-state index is 5.86. The van der Waals surface area contributed by atoms with E-state index in [0.29, 0.717) is 10.0 Å². The van der Waals surface area contributed by atoms with Crippen LogP contribution in [0.4, 0.5) is 0 Å². The molecule has 3 nitrogen and oxygen atoms in total. The Morgan fingerprint density at radius 2 is 2.07 bits per heavy atom. The molecule has 1 aromatic carbocycles. The van der Waals surface area contributed by atoms with E-state index in [1.54, 1.807) is 12.1 Å². The summed E-state index contributed by atoms with van der Waals surface area (Å²) in [6, 6.07) is 5.25. The highest BCUT2D eigenvalue weighted by Gasteiger charge is 2.02. The van der Waals surface area contributed by atoms with E-state index >= 15 is 0 Å². The molecule has 1 rings (SSSR count). The van der Waals surface area contributed by atoms with Crippen molar-refractivity contribution in [1.29, 1.82) is 0 Å². The molecule has 0 fully saturated rings. The van der Waals surface area contributed by atoms with Crippen molar-refractivity contribution < 1.29 is 0 Å². The van der Waals surface area contributed by atoms with Crippen LogP contribution in [0.25, 0.3) is 0 Å². The van der Waals surface area contributed by atoms with Gasteiger partial charge in [0.05, 0.1) is 15.8 Å². The van der Waals surface area contributed by atoms with Gasteiger partial charge in [-0.2, -0.15) is 5.10 Å². The molecule has 0 radical (unpaired) electrons. The zero-order chi connectivity index (χ0) is 11.4. The zero-order valence-electron chi connectivity index (χ0n) is 7.92. The zero-order valence-corrected chi connectivity index (χ0v) is 10.2. The predicted octanol–water partition coefficient (Wildman–Crippen LogP) is 2.55. The summed E-state index contributed by atoms with van der Waals surface area (Å²) in [7, 11) is 0. The molecule has 15 heavy (non-hydrogen) atoms. The van der Waals surface area contributed by atoms with Crippen LogP contribution in [0.3, 0.4) is 0 Å². The lowest BCUT2D eigenvalue weighted by atomic mass is 10.1. The lowest BCUT2D eigenvalue weighted by Crippen LogP contribution is -2.25. The van der Waals surface area contributed by atoms with Gasteiger partial charge < -0.3 is 5.73 Å². The van der Waals surface area contributed by atoms with Crippen LogP contribution >= 0.6 is 35.4 Å². The molecule has 0 heterocycles. The van der Waals surface area contributed by atoms with E-state index in [-0.39, 0.29) is 5.11 Å². The maximum atomic E-state index is 5.86. The third-order valence-electron chi connectivity index (χ3n) is 1.67. The summed E-state index contributed by atoms with van der Waals surface area (Å²) in [5, 5.41) is 5.08. The second-order valence-corrected chi connectivity index (χ2v) is 4.06. The summed E-state index contributed by atoms with van der Waals surface area (Å²) in [4.78, 5) is 0. The highest BCUT2D eigenvalue weighted by atomic mass is 35.5. The number of hydrogen-bond acceptors (Lipinski definition) is 2. The summed E-state index contributed by atoms with van der Waals surface area (Å²) in [6.07, 6.45) is 0. The number of thiocarbonyl (C=S) groups is 1. The van der Waals surface area contributed by atoms with E-state index in [4.69, 9.17) is 28.9 Å². The van der Waals surface area contributed by atoms with E-state index in [1.165, 1.54) is 0 Å². The largest absolute Gasteiger partial charge is 0.375 e. The van der Waals surface area contributed by atoms with E-state index in [0.717, 1.165) is 11.3 Å². The molecule has 0 aliphatic rings. The van der Waals surface area contributed by atoms with Gasteiger partial charge in [0.2, 0.25) is 0 Å². The Labute approximate surface area is 103 Å². The van der Waals surface area contributed by atoms with Crippen molar-refractivity contribution in [1.82, 2.24) is 5.43 Å². The second-order valence-electron chi connectivity index (χ2n) is 2.80. The molecular weight excluding hydrogens is 253 g/mol. The average molecular weight is 262 g/mol. The van der Waals surface area contributed by atoms with Gasteiger partial charge >= 0.3 is 0 Å². The van der Waals surface area contributed by atoms with Gasteiger partial charge in [-0.1, -0.05) is 29.3 Å². The molecular formula is C9H9Cl2N3S. The number of nitrogens with one attached hydrogen (secondary N) is 1. The van der Waals surface area contributed by atoms with Crippen molar-refractivity contribution in [2.45, 2.75) is 6.92 Å². The number of nitrogens with zero attached hydrogens (tertiary/aromatic N) is 1. The summed E-state index contributed by atoms with van der Waals surface area (Å²) in [5.74, 6) is 0. The van der Waals surface area contributed by atoms with Crippen LogP contribution in [0.2, 0.25) is 10.0 Å². The fraction of sp³-hybridized carbons (Fsp3) is 0.111. The predicted molar refractivity (Wildman–Crippen MR) is 68.6 cm³/mol. The molecule has 3 N–H and O–H groups in total. The summed E-state index contributed by atoms with van der Waals surface area (Å²) >= 11 is 16.3. The van der Waals surface area contributed by atoms with Crippen molar-refractivity contribution in [2.75, 3.05) is 0 Å². The molecule has 80 valence electrons. The highest BCUT2D eigenvalue weighted by molar-refractivity contribution is 7.80. The summed E-state index contributed by atoms with van der Waals surface area (Å²) in [6.45, 7) is 1.81. The molecule has 0 atom stereocenters. The number of nitrogens with two attached hydrogens (primary N) is 1. The monoisotopic (exact) mass is 261 g/mol. The Morgan fingerprint density at radius 1 is 1.40 bits per heavy atom. The molecule has 0 amide bonds. The quantitative estimate of drug-likeness (QED) is 0.489. The van der Waals surface area contributed by atoms with Crippen LogP contribution in [0.5, 0.6) is 0 Å². The number of rotatable bonds is 2. The first kappa shape index (κ1) is 12.2. The van der Waals surface area contributed by atoms with Crippen molar-refractivity contribution in [2.24, 2.45) is 10.8 Å². The van der Waals surface area contributed by atoms with Gasteiger partial charge in [0.1, 0.15) is 0 Å². The van der Waals surface area contributed by atoms with Crippen LogP contribution in [0.15, 0.2) is 23.3 Å². The van der Waals surface area contributed by atoms with Gasteiger partial charge in [-0.25, -0.2) is 0 Å². The topological polar surface area (TPSA) is 50.4 Å². The number of hydrogen-bond donors (Lipinski definition) is 2. The number of benzene rings is 1. The van der Waals surface area contributed by atoms with E-state index < -0.39 is 0 Å². The van der Waals surface area contributed by atoms with Crippen molar-refractivity contribution >= 4 is 46.2 Å². The van der Waals surface area contributed by atoms with Crippen molar-refractivity contribution in [3.63, 3.8) is 0 Å². The van der Waals surface area contributed by atoms with E-state index in [9.17, 15) is 0 Å². The maximum Gasteiger partial charge on any atom is 0.184 e. The van der Waals surface area contributed by atoms with Crippen molar-refractivity contribution in [3.05, 3.63) is 33.8 Å². The van der Waals surface area contributed by atoms with Crippen LogP contribution < -0.4 is 11.2 Å². The second kappa shape index (κ2) is 5.30. The SMILES string of the molecule is C/C(=N/NC(N)=S)c1ccc(Cl)c(Cl)c1. The first-order valence-corrected chi connectivity index (χ1v) is 5.22. The Morgan fingerprint density at radius 3 is 2.60 bits per heavy atom. The van der Waals surface area contributed by atoms with E-state index in [2.05, 4.69) is 22.7 Å². The minimum atomic E-state index is 0.120. The molecule has 0 aromatic heterocycles. The first-order chi connectivity index (χ1) is 7.00. The van der Waals surface area contributed by atoms with Gasteiger partial charge in [-0.3, -0.25) is 5.43 Å². The van der Waals surface area contributed by atoms with Crippen LogP contribution in [-0.4, -0.2) is 10.8 Å². The number of hydrazone groups is 1. The van der Waals surface area contributed by atoms with E-state index in [1.807, 2.05) is 13.0 Å². The minimum Gasteiger partial charge on any atom is -0.375 e. The molecule has 1 aromatic rings. The van der Waals surface area contributed by atoms with Gasteiger partial charge in [0.15, 0.2) is 5.11 Å². The third-order valence-corrected chi connectivity index (χ3v) is 2.50. The molecule has 0 unspecified atom stereocenters. The van der Waals surface area contributed by atoms with Crippen LogP contribution in [-0.2, 0) is 0 Å². The first-order valence-electron chi connectivity index (χ1n) is 4.06. The number of halogens is 2. The smallest absolute Gasteiger partial charge is 0.184 e. The Balaban J connectivity index is 2.91. The molecule has 0 aliphatic carbocycles. The Bertz CT molecular complexity index is 418. The summed E-state index contributed by atoms with van der Waals surface area (Å²) in [5.41, 5.74) is 9.32. The molecule has 6 heteroatoms. The van der Waals surface area contributed by atoms with Gasteiger partial charge in [0.25, 0.3) is 0 Å². The van der Waals surface area contributed by atoms with Gasteiger partial charge in [-0.15, -0.1) is 0 Å². The lowest BCUT2D eigenvalue weighted by molar-refractivity contribution is 1.03. The lowest BCUT2D eigenvalue weighted by Gasteiger charge is -2.03. The van der Waals surface area contributed by atoms with Crippen LogP contribution in [0, 0.1) is 0 Å². The Hall–Kier alpha value is -0.840. The van der Waals surface area contributed by atoms with Crippen molar-refractivity contribution in [3.8, 4) is 0 Å².